The number of hydrogen-bond donors (Lipinski definition) is 0. The van der Waals surface area contributed by atoms with Crippen LogP contribution in [0.2, 0.25) is 0 Å². The number of pyridine rings is 1. The largest absolute Gasteiger partial charge is 0.619 e. The Kier molecular flexibility index (Phi) is 5.95. The van der Waals surface area contributed by atoms with E-state index in [1.165, 1.54) is 19.0 Å². The van der Waals surface area contributed by atoms with Gasteiger partial charge in [0.25, 0.3) is 0 Å². The van der Waals surface area contributed by atoms with E-state index >= 15 is 0 Å². The van der Waals surface area contributed by atoms with Crippen LogP contribution in [0, 0.1) is 5.21 Å². The summed E-state index contributed by atoms with van der Waals surface area (Å²) in [5.74, 6) is 0. The van der Waals surface area contributed by atoms with Crippen LogP contribution in [0.5, 0.6) is 0 Å². The van der Waals surface area contributed by atoms with Crippen LogP contribution in [-0.2, 0) is 0 Å². The summed E-state index contributed by atoms with van der Waals surface area (Å²) in [5, 5.41) is 11.1. The smallest absolute Gasteiger partial charge is 0.185 e. The van der Waals surface area contributed by atoms with E-state index in [9.17, 15) is 5.21 Å². The average molecular weight is 251 g/mol. The fraction of sp³-hybridized carbons (Fsp3) is 0.500. The Hall–Kier alpha value is -0.510. The van der Waals surface area contributed by atoms with Crippen LogP contribution < -0.4 is 4.73 Å². The van der Waals surface area contributed by atoms with Gasteiger partial charge in [0, 0.05) is 17.7 Å². The highest BCUT2D eigenvalue weighted by molar-refractivity contribution is 5.85. The fourth-order valence-corrected chi connectivity index (χ4v) is 2.00. The van der Waals surface area contributed by atoms with E-state index in [4.69, 9.17) is 0 Å². The number of halogens is 2. The molecule has 15 heavy (non-hydrogen) atoms. The topological polar surface area (TPSA) is 30.2 Å². The van der Waals surface area contributed by atoms with Crippen LogP contribution >= 0.6 is 24.8 Å². The maximum atomic E-state index is 11.1. The molecule has 5 heteroatoms. The number of nitrogens with zero attached hydrogens (tertiary/aromatic N) is 2. The first kappa shape index (κ1) is 14.5. The average Bonchev–Trinajstić information content (AvgIpc) is 2.51. The summed E-state index contributed by atoms with van der Waals surface area (Å²) >= 11 is 0. The van der Waals surface area contributed by atoms with Gasteiger partial charge in [0.15, 0.2) is 12.4 Å². The third-order valence-electron chi connectivity index (χ3n) is 2.70. The van der Waals surface area contributed by atoms with Crippen molar-refractivity contribution in [3.8, 4) is 0 Å². The summed E-state index contributed by atoms with van der Waals surface area (Å²) in [7, 11) is 2.11. The highest BCUT2D eigenvalue weighted by atomic mass is 35.5. The first-order chi connectivity index (χ1) is 6.27. The van der Waals surface area contributed by atoms with E-state index in [2.05, 4.69) is 11.9 Å². The molecule has 1 atom stereocenters. The van der Waals surface area contributed by atoms with Gasteiger partial charge in [-0.1, -0.05) is 0 Å². The van der Waals surface area contributed by atoms with Crippen LogP contribution in [0.4, 0.5) is 0 Å². The Morgan fingerprint density at radius 3 is 2.73 bits per heavy atom. The first-order valence-electron chi connectivity index (χ1n) is 4.66. The third kappa shape index (κ3) is 3.23. The van der Waals surface area contributed by atoms with Gasteiger partial charge in [0.1, 0.15) is 0 Å². The predicted octanol–water partition coefficient (Wildman–Crippen LogP) is 1.93. The van der Waals surface area contributed by atoms with Gasteiger partial charge >= 0.3 is 0 Å². The van der Waals surface area contributed by atoms with E-state index in [0.29, 0.717) is 6.04 Å². The molecule has 86 valence electrons. The number of aromatic nitrogens is 1. The van der Waals surface area contributed by atoms with Crippen molar-refractivity contribution < 1.29 is 4.73 Å². The maximum Gasteiger partial charge on any atom is 0.185 e. The van der Waals surface area contributed by atoms with Crippen molar-refractivity contribution in [2.75, 3.05) is 13.6 Å². The zero-order valence-electron chi connectivity index (χ0n) is 8.63. The van der Waals surface area contributed by atoms with Gasteiger partial charge in [-0.15, -0.1) is 24.8 Å². The molecular weight excluding hydrogens is 235 g/mol. The molecule has 0 aliphatic carbocycles. The van der Waals surface area contributed by atoms with Crippen molar-refractivity contribution in [3.05, 3.63) is 35.3 Å². The van der Waals surface area contributed by atoms with E-state index in [1.807, 2.05) is 12.1 Å². The van der Waals surface area contributed by atoms with Crippen molar-refractivity contribution in [2.24, 2.45) is 0 Å². The van der Waals surface area contributed by atoms with E-state index < -0.39 is 0 Å². The van der Waals surface area contributed by atoms with Gasteiger partial charge in [-0.25, -0.2) is 0 Å². The molecule has 0 amide bonds. The molecule has 0 aromatic carbocycles. The van der Waals surface area contributed by atoms with Gasteiger partial charge in [0.2, 0.25) is 0 Å². The number of rotatable bonds is 1. The van der Waals surface area contributed by atoms with Crippen molar-refractivity contribution >= 4 is 24.8 Å². The first-order valence-corrected chi connectivity index (χ1v) is 4.66. The van der Waals surface area contributed by atoms with Crippen LogP contribution in [0.15, 0.2) is 24.5 Å². The summed E-state index contributed by atoms with van der Waals surface area (Å²) in [5.41, 5.74) is 1.14. The zero-order valence-corrected chi connectivity index (χ0v) is 10.3. The molecule has 3 nitrogen and oxygen atoms in total. The summed E-state index contributed by atoms with van der Waals surface area (Å²) in [4.78, 5) is 2.30. The van der Waals surface area contributed by atoms with E-state index in [-0.39, 0.29) is 24.8 Å². The minimum atomic E-state index is 0. The number of likely N-dealkylation sites (tertiary alicyclic amines) is 1. The lowest BCUT2D eigenvalue weighted by Crippen LogP contribution is -2.27. The maximum absolute atomic E-state index is 11.1. The van der Waals surface area contributed by atoms with Gasteiger partial charge in [-0.3, -0.25) is 4.90 Å². The Labute approximate surface area is 102 Å². The molecule has 0 N–H and O–H groups in total. The minimum Gasteiger partial charge on any atom is -0.619 e. The van der Waals surface area contributed by atoms with E-state index in [1.54, 1.807) is 6.20 Å². The van der Waals surface area contributed by atoms with Crippen molar-refractivity contribution in [1.82, 2.24) is 4.90 Å². The van der Waals surface area contributed by atoms with E-state index in [0.717, 1.165) is 16.8 Å². The highest BCUT2D eigenvalue weighted by Crippen LogP contribution is 2.28. The summed E-state index contributed by atoms with van der Waals surface area (Å²) < 4.78 is 0.876. The molecule has 0 bridgehead atoms. The van der Waals surface area contributed by atoms with Gasteiger partial charge in [-0.2, -0.15) is 4.73 Å². The molecule has 1 fully saturated rings. The Morgan fingerprint density at radius 1 is 1.47 bits per heavy atom. The lowest BCUT2D eigenvalue weighted by Gasteiger charge is -2.18. The quantitative estimate of drug-likeness (QED) is 0.564. The zero-order chi connectivity index (χ0) is 9.26. The summed E-state index contributed by atoms with van der Waals surface area (Å²) in [6.45, 7) is 1.14. The molecule has 2 rings (SSSR count). The summed E-state index contributed by atoms with van der Waals surface area (Å²) in [6, 6.07) is 4.29. The van der Waals surface area contributed by atoms with Gasteiger partial charge in [-0.05, 0) is 32.5 Å². The molecule has 0 radical (unpaired) electrons. The Balaban J connectivity index is 0.000000980. The van der Waals surface area contributed by atoms with Crippen molar-refractivity contribution in [2.45, 2.75) is 18.9 Å². The standard InChI is InChI=1S/C10H14N2O.2ClH/c1-11-6-3-5-10(11)9-4-2-7-12(13)8-9;;/h2,4,7-8,10H,3,5-6H2,1H3;2*1H. The highest BCUT2D eigenvalue weighted by Gasteiger charge is 2.23. The SMILES string of the molecule is CN1CCCC1c1ccc[n+]([O-])c1.Cl.Cl. The van der Waals surface area contributed by atoms with Gasteiger partial charge in [0.05, 0.1) is 0 Å². The van der Waals surface area contributed by atoms with Gasteiger partial charge < -0.3 is 5.21 Å². The monoisotopic (exact) mass is 250 g/mol. The Bertz CT molecular complexity index is 309. The molecule has 1 aliphatic rings. The lowest BCUT2D eigenvalue weighted by atomic mass is 10.1. The molecular formula is C10H16Cl2N2O. The normalized spacial score (nSPS) is 20.5. The lowest BCUT2D eigenvalue weighted by molar-refractivity contribution is -0.606. The molecule has 1 aromatic heterocycles. The minimum absolute atomic E-state index is 0. The molecule has 1 aromatic rings. The van der Waals surface area contributed by atoms with Crippen LogP contribution in [0.1, 0.15) is 24.4 Å². The molecule has 0 spiro atoms. The van der Waals surface area contributed by atoms with Crippen molar-refractivity contribution in [3.63, 3.8) is 0 Å². The Morgan fingerprint density at radius 2 is 2.20 bits per heavy atom. The second kappa shape index (κ2) is 6.16. The predicted molar refractivity (Wildman–Crippen MR) is 64.5 cm³/mol. The van der Waals surface area contributed by atoms with Crippen LogP contribution in [-0.4, -0.2) is 18.5 Å². The second-order valence-corrected chi connectivity index (χ2v) is 3.64. The summed E-state index contributed by atoms with van der Waals surface area (Å²) in [6.07, 6.45) is 5.60. The van der Waals surface area contributed by atoms with Crippen molar-refractivity contribution in [1.29, 1.82) is 0 Å². The van der Waals surface area contributed by atoms with Crippen LogP contribution in [0.25, 0.3) is 0 Å². The molecule has 1 saturated heterocycles. The fourth-order valence-electron chi connectivity index (χ4n) is 2.00. The second-order valence-electron chi connectivity index (χ2n) is 3.64. The molecule has 1 aliphatic heterocycles. The number of hydrogen-bond acceptors (Lipinski definition) is 2. The third-order valence-corrected chi connectivity index (χ3v) is 2.70. The molecule has 2 heterocycles. The van der Waals surface area contributed by atoms with Crippen LogP contribution in [0.3, 0.4) is 0 Å². The molecule has 1 unspecified atom stereocenters. The molecule has 0 saturated carbocycles.